The van der Waals surface area contributed by atoms with Gasteiger partial charge in [-0.25, -0.2) is 0 Å². The van der Waals surface area contributed by atoms with Crippen LogP contribution in [0.1, 0.15) is 39.0 Å². The number of hydrogen-bond donors (Lipinski definition) is 0. The van der Waals surface area contributed by atoms with E-state index in [-0.39, 0.29) is 30.0 Å². The molecule has 0 N–H and O–H groups in total. The van der Waals surface area contributed by atoms with Crippen LogP contribution in [-0.2, 0) is 28.6 Å². The van der Waals surface area contributed by atoms with Crippen molar-refractivity contribution in [2.75, 3.05) is 26.9 Å². The largest absolute Gasteiger partial charge is 0.469 e. The minimum absolute atomic E-state index is 0.0356. The van der Waals surface area contributed by atoms with Crippen molar-refractivity contribution in [1.82, 2.24) is 0 Å². The molecule has 0 radical (unpaired) electrons. The van der Waals surface area contributed by atoms with Crippen molar-refractivity contribution in [2.45, 2.75) is 39.0 Å². The van der Waals surface area contributed by atoms with Gasteiger partial charge in [0, 0.05) is 18.3 Å². The number of ketones is 1. The first kappa shape index (κ1) is 16.6. The van der Waals surface area contributed by atoms with Gasteiger partial charge in [0.1, 0.15) is 18.8 Å². The van der Waals surface area contributed by atoms with E-state index in [1.165, 1.54) is 7.11 Å². The van der Waals surface area contributed by atoms with Gasteiger partial charge in [-0.15, -0.1) is 0 Å². The average molecular weight is 286 g/mol. The highest BCUT2D eigenvalue weighted by Crippen LogP contribution is 2.26. The van der Waals surface area contributed by atoms with E-state index in [4.69, 9.17) is 9.47 Å². The number of hydrogen-bond acceptors (Lipinski definition) is 6. The Kier molecular flexibility index (Phi) is 6.64. The van der Waals surface area contributed by atoms with E-state index in [2.05, 4.69) is 4.74 Å². The first-order chi connectivity index (χ1) is 9.45. The normalized spacial score (nSPS) is 16.1. The Morgan fingerprint density at radius 2 is 1.75 bits per heavy atom. The SMILES string of the molecule is COC(=O)CC(=O)CCCCC(=O)OCC1(C)COC1. The molecule has 1 aliphatic rings. The Labute approximate surface area is 118 Å². The van der Waals surface area contributed by atoms with Gasteiger partial charge in [0.25, 0.3) is 0 Å². The summed E-state index contributed by atoms with van der Waals surface area (Å²) in [5.74, 6) is -0.937. The predicted molar refractivity (Wildman–Crippen MR) is 70.0 cm³/mol. The molecule has 1 rings (SSSR count). The molecule has 20 heavy (non-hydrogen) atoms. The Bertz CT molecular complexity index is 359. The van der Waals surface area contributed by atoms with E-state index < -0.39 is 5.97 Å². The van der Waals surface area contributed by atoms with Gasteiger partial charge in [0.05, 0.1) is 20.3 Å². The molecule has 0 aliphatic carbocycles. The van der Waals surface area contributed by atoms with Crippen LogP contribution in [0.3, 0.4) is 0 Å². The fourth-order valence-electron chi connectivity index (χ4n) is 1.77. The van der Waals surface area contributed by atoms with Gasteiger partial charge in [-0.3, -0.25) is 14.4 Å². The van der Waals surface area contributed by atoms with Crippen LogP contribution in [0.5, 0.6) is 0 Å². The second-order valence-electron chi connectivity index (χ2n) is 5.46. The number of rotatable bonds is 9. The van der Waals surface area contributed by atoms with Gasteiger partial charge >= 0.3 is 11.9 Å². The summed E-state index contributed by atoms with van der Waals surface area (Å²) < 4.78 is 14.6. The smallest absolute Gasteiger partial charge is 0.313 e. The van der Waals surface area contributed by atoms with Crippen LogP contribution in [0.4, 0.5) is 0 Å². The number of methoxy groups -OCH3 is 1. The minimum Gasteiger partial charge on any atom is -0.469 e. The molecule has 1 fully saturated rings. The van der Waals surface area contributed by atoms with Crippen molar-refractivity contribution >= 4 is 17.7 Å². The maximum atomic E-state index is 11.5. The quantitative estimate of drug-likeness (QED) is 0.361. The molecule has 6 heteroatoms. The number of ether oxygens (including phenoxy) is 3. The lowest BCUT2D eigenvalue weighted by Gasteiger charge is -2.37. The third-order valence-corrected chi connectivity index (χ3v) is 3.14. The Morgan fingerprint density at radius 1 is 1.10 bits per heavy atom. The van der Waals surface area contributed by atoms with Crippen LogP contribution >= 0.6 is 0 Å². The van der Waals surface area contributed by atoms with Gasteiger partial charge in [-0.1, -0.05) is 6.92 Å². The van der Waals surface area contributed by atoms with E-state index in [1.807, 2.05) is 6.92 Å². The van der Waals surface area contributed by atoms with Crippen molar-refractivity contribution < 1.29 is 28.6 Å². The van der Waals surface area contributed by atoms with Crippen molar-refractivity contribution in [1.29, 1.82) is 0 Å². The standard InChI is InChI=1S/C14H22O6/c1-14(8-19-9-14)10-20-12(16)6-4-3-5-11(15)7-13(17)18-2/h3-10H2,1-2H3. The van der Waals surface area contributed by atoms with E-state index in [0.717, 1.165) is 0 Å². The fourth-order valence-corrected chi connectivity index (χ4v) is 1.77. The molecular weight excluding hydrogens is 264 g/mol. The molecule has 0 aromatic rings. The maximum absolute atomic E-state index is 11.5. The number of esters is 2. The lowest BCUT2D eigenvalue weighted by atomic mass is 9.90. The summed E-state index contributed by atoms with van der Waals surface area (Å²) in [7, 11) is 1.25. The second-order valence-corrected chi connectivity index (χ2v) is 5.46. The zero-order valence-electron chi connectivity index (χ0n) is 12.1. The Hall–Kier alpha value is -1.43. The number of carbonyl (C=O) groups excluding carboxylic acids is 3. The fraction of sp³-hybridized carbons (Fsp3) is 0.786. The molecule has 0 aromatic heterocycles. The van der Waals surface area contributed by atoms with Gasteiger partial charge in [-0.2, -0.15) is 0 Å². The molecule has 0 amide bonds. The topological polar surface area (TPSA) is 78.9 Å². The minimum atomic E-state index is -0.523. The Morgan fingerprint density at radius 3 is 2.30 bits per heavy atom. The van der Waals surface area contributed by atoms with E-state index in [1.54, 1.807) is 0 Å². The highest BCUT2D eigenvalue weighted by molar-refractivity contribution is 5.95. The predicted octanol–water partition coefficient (Wildman–Crippen LogP) is 1.26. The van der Waals surface area contributed by atoms with Gasteiger partial charge in [0.2, 0.25) is 0 Å². The van der Waals surface area contributed by atoms with Crippen LogP contribution in [0, 0.1) is 5.41 Å². The molecule has 0 saturated carbocycles. The second kappa shape index (κ2) is 7.99. The van der Waals surface area contributed by atoms with Crippen LogP contribution in [0.25, 0.3) is 0 Å². The van der Waals surface area contributed by atoms with Crippen molar-refractivity contribution in [3.63, 3.8) is 0 Å². The monoisotopic (exact) mass is 286 g/mol. The number of unbranched alkanes of at least 4 members (excludes halogenated alkanes) is 1. The molecule has 1 aliphatic heterocycles. The van der Waals surface area contributed by atoms with Crippen LogP contribution in [-0.4, -0.2) is 44.7 Å². The van der Waals surface area contributed by atoms with Crippen LogP contribution in [0.15, 0.2) is 0 Å². The van der Waals surface area contributed by atoms with Crippen LogP contribution < -0.4 is 0 Å². The number of carbonyl (C=O) groups is 3. The van der Waals surface area contributed by atoms with Crippen molar-refractivity contribution in [3.05, 3.63) is 0 Å². The van der Waals surface area contributed by atoms with Gasteiger partial charge < -0.3 is 14.2 Å². The molecule has 0 atom stereocenters. The summed E-state index contributed by atoms with van der Waals surface area (Å²) in [6.45, 7) is 3.65. The first-order valence-electron chi connectivity index (χ1n) is 6.77. The summed E-state index contributed by atoms with van der Waals surface area (Å²) in [6, 6.07) is 0. The molecule has 6 nitrogen and oxygen atoms in total. The molecule has 0 bridgehead atoms. The van der Waals surface area contributed by atoms with E-state index >= 15 is 0 Å². The molecule has 1 saturated heterocycles. The molecule has 0 aromatic carbocycles. The van der Waals surface area contributed by atoms with Crippen LogP contribution in [0.2, 0.25) is 0 Å². The van der Waals surface area contributed by atoms with E-state index in [0.29, 0.717) is 39.1 Å². The lowest BCUT2D eigenvalue weighted by molar-refractivity contribution is -0.165. The third kappa shape index (κ3) is 6.14. The summed E-state index contributed by atoms with van der Waals surface area (Å²) in [6.07, 6.45) is 1.54. The van der Waals surface area contributed by atoms with Gasteiger partial charge in [-0.05, 0) is 12.8 Å². The molecule has 0 spiro atoms. The molecule has 1 heterocycles. The zero-order valence-corrected chi connectivity index (χ0v) is 12.1. The van der Waals surface area contributed by atoms with E-state index in [9.17, 15) is 14.4 Å². The summed E-state index contributed by atoms with van der Waals surface area (Å²) >= 11 is 0. The Balaban J connectivity index is 2.01. The lowest BCUT2D eigenvalue weighted by Crippen LogP contribution is -2.44. The first-order valence-corrected chi connectivity index (χ1v) is 6.77. The van der Waals surface area contributed by atoms with Gasteiger partial charge in [0.15, 0.2) is 0 Å². The summed E-state index contributed by atoms with van der Waals surface area (Å²) in [5.41, 5.74) is -0.0356. The highest BCUT2D eigenvalue weighted by atomic mass is 16.5. The average Bonchev–Trinajstić information content (AvgIpc) is 2.39. The summed E-state index contributed by atoms with van der Waals surface area (Å²) in [4.78, 5) is 33.7. The molecular formula is C14H22O6. The highest BCUT2D eigenvalue weighted by Gasteiger charge is 2.34. The molecule has 0 unspecified atom stereocenters. The molecule has 114 valence electrons. The maximum Gasteiger partial charge on any atom is 0.313 e. The number of Topliss-reactive ketones (excluding diaryl/α,β-unsaturated/α-hetero) is 1. The third-order valence-electron chi connectivity index (χ3n) is 3.14. The summed E-state index contributed by atoms with van der Waals surface area (Å²) in [5, 5.41) is 0. The van der Waals surface area contributed by atoms with Crippen molar-refractivity contribution in [2.24, 2.45) is 5.41 Å². The van der Waals surface area contributed by atoms with Crippen molar-refractivity contribution in [3.8, 4) is 0 Å². The zero-order chi connectivity index (χ0) is 15.0.